The Morgan fingerprint density at radius 1 is 1.24 bits per heavy atom. The summed E-state index contributed by atoms with van der Waals surface area (Å²) in [5.74, 6) is -0.209. The SMILES string of the molecule is CSCCC(=O)N1C[C@@H](c2cccc(F)c2F)[C@@H]2[C@H]1C1CCN2CC1. The fourth-order valence-electron chi connectivity index (χ4n) is 5.12. The lowest BCUT2D eigenvalue weighted by atomic mass is 9.75. The summed E-state index contributed by atoms with van der Waals surface area (Å²) >= 11 is 1.67. The third-order valence-corrected chi connectivity index (χ3v) is 6.83. The Balaban J connectivity index is 1.68. The number of fused-ring (bicyclic) bond motifs is 2. The number of benzene rings is 1. The topological polar surface area (TPSA) is 23.6 Å². The molecule has 1 aromatic carbocycles. The molecule has 0 N–H and O–H groups in total. The first-order chi connectivity index (χ1) is 12.1. The Kier molecular flexibility index (Phi) is 4.75. The molecule has 0 aliphatic carbocycles. The minimum atomic E-state index is -0.794. The molecule has 2 bridgehead atoms. The third-order valence-electron chi connectivity index (χ3n) is 6.22. The van der Waals surface area contributed by atoms with E-state index < -0.39 is 11.6 Å². The molecular formula is C19H24F2N2OS. The highest BCUT2D eigenvalue weighted by Crippen LogP contribution is 2.47. The van der Waals surface area contributed by atoms with Crippen molar-refractivity contribution in [3.8, 4) is 0 Å². The van der Waals surface area contributed by atoms with E-state index in [1.54, 1.807) is 23.9 Å². The van der Waals surface area contributed by atoms with Gasteiger partial charge >= 0.3 is 0 Å². The maximum absolute atomic E-state index is 14.5. The number of hydrogen-bond acceptors (Lipinski definition) is 3. The van der Waals surface area contributed by atoms with Gasteiger partial charge in [-0.1, -0.05) is 12.1 Å². The second-order valence-corrected chi connectivity index (χ2v) is 8.38. The van der Waals surface area contributed by atoms with E-state index in [2.05, 4.69) is 4.90 Å². The molecule has 4 aliphatic rings. The van der Waals surface area contributed by atoms with Crippen molar-refractivity contribution in [1.82, 2.24) is 9.80 Å². The molecule has 0 unspecified atom stereocenters. The molecule has 0 aromatic heterocycles. The second-order valence-electron chi connectivity index (χ2n) is 7.39. The highest BCUT2D eigenvalue weighted by Gasteiger charge is 2.54. The lowest BCUT2D eigenvalue weighted by Gasteiger charge is -2.51. The molecule has 5 rings (SSSR count). The van der Waals surface area contributed by atoms with Crippen molar-refractivity contribution in [2.24, 2.45) is 5.92 Å². The molecule has 4 fully saturated rings. The standard InChI is InChI=1S/C19H24F2N2OS/c1-25-10-7-16(24)23-11-14(13-3-2-4-15(20)17(13)21)19-18(23)12-5-8-22(19)9-6-12/h2-4,12,14,18-19H,5-11H2,1H3/t14-,18+,19+/m0/s1. The van der Waals surface area contributed by atoms with Gasteiger partial charge in [0.1, 0.15) is 0 Å². The van der Waals surface area contributed by atoms with Gasteiger partial charge in [0.2, 0.25) is 5.91 Å². The lowest BCUT2D eigenvalue weighted by molar-refractivity contribution is -0.135. The number of carbonyl (C=O) groups is 1. The van der Waals surface area contributed by atoms with Gasteiger partial charge in [0.15, 0.2) is 11.6 Å². The Labute approximate surface area is 151 Å². The maximum atomic E-state index is 14.5. The van der Waals surface area contributed by atoms with E-state index in [0.29, 0.717) is 24.4 Å². The van der Waals surface area contributed by atoms with Crippen LogP contribution in [0.4, 0.5) is 8.78 Å². The highest BCUT2D eigenvalue weighted by molar-refractivity contribution is 7.98. The van der Waals surface area contributed by atoms with Crippen LogP contribution in [0.15, 0.2) is 18.2 Å². The van der Waals surface area contributed by atoms with E-state index >= 15 is 0 Å². The van der Waals surface area contributed by atoms with Crippen LogP contribution in [-0.4, -0.2) is 59.4 Å². The van der Waals surface area contributed by atoms with Crippen LogP contribution in [0.5, 0.6) is 0 Å². The van der Waals surface area contributed by atoms with Gasteiger partial charge in [-0.2, -0.15) is 11.8 Å². The zero-order valence-electron chi connectivity index (χ0n) is 14.5. The Morgan fingerprint density at radius 3 is 2.72 bits per heavy atom. The monoisotopic (exact) mass is 366 g/mol. The zero-order chi connectivity index (χ0) is 17.6. The van der Waals surface area contributed by atoms with Crippen LogP contribution >= 0.6 is 11.8 Å². The van der Waals surface area contributed by atoms with Crippen LogP contribution in [0.1, 0.15) is 30.7 Å². The predicted molar refractivity (Wildman–Crippen MR) is 95.7 cm³/mol. The molecule has 4 heterocycles. The Morgan fingerprint density at radius 2 is 2.00 bits per heavy atom. The quantitative estimate of drug-likeness (QED) is 0.818. The number of hydrogen-bond donors (Lipinski definition) is 0. The fraction of sp³-hybridized carbons (Fsp3) is 0.632. The van der Waals surface area contributed by atoms with Gasteiger partial charge in [-0.15, -0.1) is 0 Å². The third kappa shape index (κ3) is 2.87. The highest BCUT2D eigenvalue weighted by atomic mass is 32.2. The van der Waals surface area contributed by atoms with Crippen LogP contribution in [0, 0.1) is 17.6 Å². The van der Waals surface area contributed by atoms with Crippen molar-refractivity contribution in [2.75, 3.05) is 31.6 Å². The summed E-state index contributed by atoms with van der Waals surface area (Å²) in [5.41, 5.74) is 0.433. The summed E-state index contributed by atoms with van der Waals surface area (Å²) in [4.78, 5) is 17.2. The minimum absolute atomic E-state index is 0.127. The summed E-state index contributed by atoms with van der Waals surface area (Å²) in [6.45, 7) is 2.52. The van der Waals surface area contributed by atoms with E-state index in [0.717, 1.165) is 31.7 Å². The first kappa shape index (κ1) is 17.3. The number of rotatable bonds is 4. The van der Waals surface area contributed by atoms with E-state index in [4.69, 9.17) is 0 Å². The zero-order valence-corrected chi connectivity index (χ0v) is 15.3. The molecule has 1 aromatic rings. The molecule has 0 radical (unpaired) electrons. The van der Waals surface area contributed by atoms with E-state index in [1.807, 2.05) is 11.2 Å². The van der Waals surface area contributed by atoms with Crippen molar-refractivity contribution >= 4 is 17.7 Å². The van der Waals surface area contributed by atoms with Gasteiger partial charge in [0.25, 0.3) is 0 Å². The van der Waals surface area contributed by atoms with Crippen molar-refractivity contribution in [2.45, 2.75) is 37.3 Å². The first-order valence-electron chi connectivity index (χ1n) is 9.08. The minimum Gasteiger partial charge on any atom is -0.337 e. The molecule has 136 valence electrons. The van der Waals surface area contributed by atoms with Crippen LogP contribution in [0.25, 0.3) is 0 Å². The molecule has 3 nitrogen and oxygen atoms in total. The largest absolute Gasteiger partial charge is 0.337 e. The molecule has 4 saturated heterocycles. The number of amides is 1. The van der Waals surface area contributed by atoms with Gasteiger partial charge in [0, 0.05) is 30.7 Å². The molecule has 1 amide bonds. The van der Waals surface area contributed by atoms with Crippen LogP contribution in [0.2, 0.25) is 0 Å². The summed E-state index contributed by atoms with van der Waals surface area (Å²) in [6.07, 6.45) is 4.73. The van der Waals surface area contributed by atoms with E-state index in [9.17, 15) is 13.6 Å². The lowest BCUT2D eigenvalue weighted by Crippen LogP contribution is -2.60. The summed E-state index contributed by atoms with van der Waals surface area (Å²) < 4.78 is 28.3. The van der Waals surface area contributed by atoms with Gasteiger partial charge in [-0.25, -0.2) is 8.78 Å². The van der Waals surface area contributed by atoms with Gasteiger partial charge in [-0.05, 0) is 49.7 Å². The average molecular weight is 366 g/mol. The second kappa shape index (κ2) is 6.88. The first-order valence-corrected chi connectivity index (χ1v) is 10.5. The molecule has 25 heavy (non-hydrogen) atoms. The van der Waals surface area contributed by atoms with Gasteiger partial charge in [0.05, 0.1) is 6.04 Å². The maximum Gasteiger partial charge on any atom is 0.223 e. The number of likely N-dealkylation sites (tertiary alicyclic amines) is 1. The predicted octanol–water partition coefficient (Wildman–Crippen LogP) is 3.11. The van der Waals surface area contributed by atoms with E-state index in [-0.39, 0.29) is 23.9 Å². The summed E-state index contributed by atoms with van der Waals surface area (Å²) in [5, 5.41) is 0. The fourth-order valence-corrected chi connectivity index (χ4v) is 5.50. The van der Waals surface area contributed by atoms with Crippen LogP contribution < -0.4 is 0 Å². The smallest absolute Gasteiger partial charge is 0.223 e. The normalized spacial score (nSPS) is 33.6. The van der Waals surface area contributed by atoms with Gasteiger partial charge in [-0.3, -0.25) is 9.69 Å². The van der Waals surface area contributed by atoms with Crippen molar-refractivity contribution in [3.05, 3.63) is 35.4 Å². The van der Waals surface area contributed by atoms with Gasteiger partial charge < -0.3 is 4.90 Å². The number of thioether (sulfide) groups is 1. The molecule has 6 heteroatoms. The summed E-state index contributed by atoms with van der Waals surface area (Å²) in [7, 11) is 0. The summed E-state index contributed by atoms with van der Waals surface area (Å²) in [6, 6.07) is 4.73. The molecule has 3 atom stereocenters. The number of carbonyl (C=O) groups excluding carboxylic acids is 1. The number of nitrogens with zero attached hydrogens (tertiary/aromatic N) is 2. The molecule has 0 spiro atoms. The molecule has 4 aliphatic heterocycles. The number of halogens is 2. The van der Waals surface area contributed by atoms with Crippen molar-refractivity contribution < 1.29 is 13.6 Å². The molecule has 0 saturated carbocycles. The van der Waals surface area contributed by atoms with Crippen molar-refractivity contribution in [3.63, 3.8) is 0 Å². The Hall–Kier alpha value is -1.14. The van der Waals surface area contributed by atoms with Crippen LogP contribution in [0.3, 0.4) is 0 Å². The van der Waals surface area contributed by atoms with E-state index in [1.165, 1.54) is 6.07 Å². The Bertz CT molecular complexity index is 663. The van der Waals surface area contributed by atoms with Crippen LogP contribution in [-0.2, 0) is 4.79 Å². The average Bonchev–Trinajstić information content (AvgIpc) is 3.06. The van der Waals surface area contributed by atoms with Crippen molar-refractivity contribution in [1.29, 1.82) is 0 Å². The number of piperidine rings is 3. The molecular weight excluding hydrogens is 342 g/mol.